The van der Waals surface area contributed by atoms with Crippen molar-refractivity contribution < 1.29 is 4.92 Å². The van der Waals surface area contributed by atoms with Gasteiger partial charge in [0.25, 0.3) is 0 Å². The van der Waals surface area contributed by atoms with Gasteiger partial charge in [-0.1, -0.05) is 6.92 Å². The van der Waals surface area contributed by atoms with Crippen LogP contribution in [0.1, 0.15) is 32.6 Å². The molecule has 1 fully saturated rings. The molecule has 17 heavy (non-hydrogen) atoms. The van der Waals surface area contributed by atoms with Crippen molar-refractivity contribution in [2.75, 3.05) is 5.32 Å². The van der Waals surface area contributed by atoms with E-state index in [1.54, 1.807) is 6.20 Å². The number of hydrogen-bond donors (Lipinski definition) is 1. The van der Waals surface area contributed by atoms with Gasteiger partial charge >= 0.3 is 5.69 Å². The fourth-order valence-corrected chi connectivity index (χ4v) is 2.54. The fraction of sp³-hybridized carbons (Fsp3) is 0.545. The van der Waals surface area contributed by atoms with Crippen LogP contribution in [0.25, 0.3) is 0 Å². The highest BCUT2D eigenvalue weighted by atomic mass is 79.9. The second kappa shape index (κ2) is 4.60. The van der Waals surface area contributed by atoms with E-state index in [1.807, 2.05) is 0 Å². The van der Waals surface area contributed by atoms with E-state index in [0.717, 1.165) is 19.3 Å². The predicted octanol–water partition coefficient (Wildman–Crippen LogP) is 3.50. The molecule has 92 valence electrons. The molecular formula is C11H14BrN3O2. The van der Waals surface area contributed by atoms with Crippen LogP contribution in [-0.4, -0.2) is 15.4 Å². The summed E-state index contributed by atoms with van der Waals surface area (Å²) in [5.41, 5.74) is 0.597. The Kier molecular flexibility index (Phi) is 3.33. The second-order valence-corrected chi connectivity index (χ2v) is 5.24. The zero-order chi connectivity index (χ0) is 12.5. The van der Waals surface area contributed by atoms with Gasteiger partial charge in [0.15, 0.2) is 0 Å². The molecule has 0 saturated heterocycles. The van der Waals surface area contributed by atoms with Gasteiger partial charge in [0, 0.05) is 11.7 Å². The summed E-state index contributed by atoms with van der Waals surface area (Å²) in [6.45, 7) is 2.10. The Hall–Kier alpha value is -1.17. The van der Waals surface area contributed by atoms with Gasteiger partial charge in [-0.15, -0.1) is 0 Å². The topological polar surface area (TPSA) is 68.1 Å². The zero-order valence-corrected chi connectivity index (χ0v) is 11.2. The highest BCUT2D eigenvalue weighted by Gasteiger charge is 2.37. The van der Waals surface area contributed by atoms with Crippen LogP contribution in [0.2, 0.25) is 0 Å². The van der Waals surface area contributed by atoms with Crippen LogP contribution in [0.5, 0.6) is 0 Å². The number of nitrogens with zero attached hydrogens (tertiary/aromatic N) is 2. The summed E-state index contributed by atoms with van der Waals surface area (Å²) >= 11 is 3.32. The molecular weight excluding hydrogens is 286 g/mol. The molecule has 0 amide bonds. The third kappa shape index (κ3) is 2.26. The standard InChI is InChI=1S/C11H14BrN3O2/c1-2-11(4-3-5-11)14-10-8(12)6-13-7-9(10)15(16)17/h6-7H,2-5H2,1H3,(H,13,14). The van der Waals surface area contributed by atoms with Crippen LogP contribution in [0.3, 0.4) is 0 Å². The molecule has 0 aliphatic heterocycles. The normalized spacial score (nSPS) is 17.3. The van der Waals surface area contributed by atoms with Gasteiger partial charge in [-0.25, -0.2) is 0 Å². The van der Waals surface area contributed by atoms with Crippen molar-refractivity contribution in [2.24, 2.45) is 0 Å². The van der Waals surface area contributed by atoms with E-state index in [4.69, 9.17) is 0 Å². The van der Waals surface area contributed by atoms with E-state index in [-0.39, 0.29) is 11.2 Å². The minimum Gasteiger partial charge on any atom is -0.373 e. The van der Waals surface area contributed by atoms with Gasteiger partial charge in [-0.2, -0.15) is 0 Å². The van der Waals surface area contributed by atoms with Crippen LogP contribution in [-0.2, 0) is 0 Å². The summed E-state index contributed by atoms with van der Waals surface area (Å²) in [5.74, 6) is 0. The molecule has 1 aliphatic rings. The number of rotatable bonds is 4. The molecule has 6 heteroatoms. The largest absolute Gasteiger partial charge is 0.373 e. The van der Waals surface area contributed by atoms with Crippen LogP contribution in [0.4, 0.5) is 11.4 Å². The molecule has 1 aromatic rings. The van der Waals surface area contributed by atoms with Crippen LogP contribution in [0.15, 0.2) is 16.9 Å². The first-order valence-electron chi connectivity index (χ1n) is 5.64. The Morgan fingerprint density at radius 3 is 2.76 bits per heavy atom. The highest BCUT2D eigenvalue weighted by molar-refractivity contribution is 9.10. The lowest BCUT2D eigenvalue weighted by Crippen LogP contribution is -2.44. The first-order chi connectivity index (χ1) is 8.08. The minimum atomic E-state index is -0.401. The van der Waals surface area contributed by atoms with E-state index in [1.165, 1.54) is 12.6 Å². The van der Waals surface area contributed by atoms with Crippen molar-refractivity contribution in [2.45, 2.75) is 38.1 Å². The van der Waals surface area contributed by atoms with E-state index in [2.05, 4.69) is 33.2 Å². The van der Waals surface area contributed by atoms with Crippen molar-refractivity contribution in [3.8, 4) is 0 Å². The van der Waals surface area contributed by atoms with E-state index < -0.39 is 4.92 Å². The Morgan fingerprint density at radius 2 is 2.29 bits per heavy atom. The van der Waals surface area contributed by atoms with E-state index in [9.17, 15) is 10.1 Å². The molecule has 0 bridgehead atoms. The molecule has 1 N–H and O–H groups in total. The monoisotopic (exact) mass is 299 g/mol. The Balaban J connectivity index is 2.34. The molecule has 0 spiro atoms. The van der Waals surface area contributed by atoms with E-state index in [0.29, 0.717) is 10.2 Å². The third-order valence-corrected chi connectivity index (χ3v) is 4.06. The number of nitro groups is 1. The highest BCUT2D eigenvalue weighted by Crippen LogP contribution is 2.42. The first kappa shape index (κ1) is 12.3. The Bertz CT molecular complexity index is 441. The second-order valence-electron chi connectivity index (χ2n) is 4.38. The maximum Gasteiger partial charge on any atom is 0.311 e. The summed E-state index contributed by atoms with van der Waals surface area (Å²) in [5, 5.41) is 14.3. The molecule has 1 aromatic heterocycles. The number of aromatic nitrogens is 1. The molecule has 1 aliphatic carbocycles. The summed E-state index contributed by atoms with van der Waals surface area (Å²) in [6, 6.07) is 0. The molecule has 2 rings (SSSR count). The maximum atomic E-state index is 11.0. The van der Waals surface area contributed by atoms with Crippen molar-refractivity contribution in [3.05, 3.63) is 27.0 Å². The lowest BCUT2D eigenvalue weighted by molar-refractivity contribution is -0.384. The quantitative estimate of drug-likeness (QED) is 0.682. The van der Waals surface area contributed by atoms with Crippen molar-refractivity contribution in [3.63, 3.8) is 0 Å². The summed E-state index contributed by atoms with van der Waals surface area (Å²) in [4.78, 5) is 14.4. The summed E-state index contributed by atoms with van der Waals surface area (Å²) in [6.07, 6.45) is 7.15. The maximum absolute atomic E-state index is 11.0. The first-order valence-corrected chi connectivity index (χ1v) is 6.43. The molecule has 5 nitrogen and oxygen atoms in total. The average molecular weight is 300 g/mol. The molecule has 0 aromatic carbocycles. The molecule has 1 heterocycles. The van der Waals surface area contributed by atoms with Crippen molar-refractivity contribution in [1.29, 1.82) is 0 Å². The lowest BCUT2D eigenvalue weighted by atomic mass is 9.74. The SMILES string of the molecule is CCC1(Nc2c(Br)cncc2[N+](=O)[O-])CCC1. The molecule has 0 radical (unpaired) electrons. The van der Waals surface area contributed by atoms with Crippen LogP contribution >= 0.6 is 15.9 Å². The summed E-state index contributed by atoms with van der Waals surface area (Å²) in [7, 11) is 0. The lowest BCUT2D eigenvalue weighted by Gasteiger charge is -2.42. The number of halogens is 1. The minimum absolute atomic E-state index is 0.0225. The predicted molar refractivity (Wildman–Crippen MR) is 69.1 cm³/mol. The van der Waals surface area contributed by atoms with Gasteiger partial charge in [0.05, 0.1) is 9.40 Å². The van der Waals surface area contributed by atoms with Crippen LogP contribution in [0, 0.1) is 10.1 Å². The van der Waals surface area contributed by atoms with Gasteiger partial charge in [0.2, 0.25) is 0 Å². The van der Waals surface area contributed by atoms with E-state index >= 15 is 0 Å². The van der Waals surface area contributed by atoms with Crippen LogP contribution < -0.4 is 5.32 Å². The average Bonchev–Trinajstić information content (AvgIpc) is 2.25. The van der Waals surface area contributed by atoms with Gasteiger partial charge in [0.1, 0.15) is 11.9 Å². The third-order valence-electron chi connectivity index (χ3n) is 3.45. The number of hydrogen-bond acceptors (Lipinski definition) is 4. The zero-order valence-electron chi connectivity index (χ0n) is 9.57. The van der Waals surface area contributed by atoms with Crippen molar-refractivity contribution in [1.82, 2.24) is 4.98 Å². The molecule has 0 unspecified atom stereocenters. The molecule has 0 atom stereocenters. The molecule has 1 saturated carbocycles. The number of nitrogens with one attached hydrogen (secondary N) is 1. The van der Waals surface area contributed by atoms with Gasteiger partial charge in [-0.3, -0.25) is 15.1 Å². The number of anilines is 1. The van der Waals surface area contributed by atoms with Gasteiger partial charge in [-0.05, 0) is 41.6 Å². The Labute approximate surface area is 108 Å². The summed E-state index contributed by atoms with van der Waals surface area (Å²) < 4.78 is 0.645. The smallest absolute Gasteiger partial charge is 0.311 e. The fourth-order valence-electron chi connectivity index (χ4n) is 2.12. The Morgan fingerprint density at radius 1 is 1.59 bits per heavy atom. The van der Waals surface area contributed by atoms with Crippen molar-refractivity contribution >= 4 is 27.3 Å². The van der Waals surface area contributed by atoms with Gasteiger partial charge < -0.3 is 5.32 Å². The number of pyridine rings is 1.